The third kappa shape index (κ3) is 14.8. The van der Waals surface area contributed by atoms with Crippen molar-refractivity contribution in [1.29, 1.82) is 0 Å². The van der Waals surface area contributed by atoms with E-state index in [0.717, 1.165) is 0 Å². The minimum atomic E-state index is -1.96. The Morgan fingerprint density at radius 1 is 0.929 bits per heavy atom. The lowest BCUT2D eigenvalue weighted by Gasteiger charge is -2.23. The first kappa shape index (κ1) is 27.9. The van der Waals surface area contributed by atoms with Gasteiger partial charge in [0.15, 0.2) is 6.54 Å². The largest absolute Gasteiger partial charge is 0.628 e. The molecule has 0 saturated heterocycles. The maximum Gasteiger partial charge on any atom is 0.341 e. The number of quaternary nitrogens is 1. The topological polar surface area (TPSA) is 116 Å². The van der Waals surface area contributed by atoms with E-state index < -0.39 is 25.7 Å². The van der Waals surface area contributed by atoms with Gasteiger partial charge in [0.05, 0.1) is 27.1 Å². The fraction of sp³-hybridized carbons (Fsp3) is 0.474. The van der Waals surface area contributed by atoms with Crippen molar-refractivity contribution in [2.75, 3.05) is 40.5 Å². The maximum absolute atomic E-state index is 12.3. The van der Waals surface area contributed by atoms with E-state index in [2.05, 4.69) is 19.7 Å². The Morgan fingerprint density at radius 3 is 1.68 bits per heavy atom. The summed E-state index contributed by atoms with van der Waals surface area (Å²) in [5, 5.41) is 9.49. The highest BCUT2D eigenvalue weighted by atomic mass is 31.1. The smallest absolute Gasteiger partial charge is 0.341 e. The number of esters is 2. The third-order valence-corrected chi connectivity index (χ3v) is 4.05. The number of likely N-dealkylation sites (N-methyl/N-ethyl adjacent to an activating group) is 1. The number of carbonyl (C=O) groups is 3. The first-order chi connectivity index (χ1) is 12.6. The van der Waals surface area contributed by atoms with Crippen LogP contribution in [0.4, 0.5) is 0 Å². The van der Waals surface area contributed by atoms with Crippen LogP contribution < -0.4 is 10.00 Å². The summed E-state index contributed by atoms with van der Waals surface area (Å²) in [5.41, 5.74) is 0.757. The van der Waals surface area contributed by atoms with Gasteiger partial charge in [-0.1, -0.05) is 19.7 Å². The second-order valence-electron chi connectivity index (χ2n) is 7.10. The Balaban J connectivity index is 0. The van der Waals surface area contributed by atoms with Gasteiger partial charge in [-0.2, -0.15) is 0 Å². The molecule has 0 fully saturated rings. The highest BCUT2D eigenvalue weighted by Crippen LogP contribution is 2.17. The van der Waals surface area contributed by atoms with E-state index in [4.69, 9.17) is 9.47 Å². The summed E-state index contributed by atoms with van der Waals surface area (Å²) in [7, 11) is 3.71. The Bertz CT molecular complexity index is 660. The summed E-state index contributed by atoms with van der Waals surface area (Å²) >= 11 is 0. The Hall–Kier alpha value is -2.28. The number of nitrogens with zero attached hydrogens (tertiary/aromatic N) is 1. The van der Waals surface area contributed by atoms with Crippen molar-refractivity contribution in [2.45, 2.75) is 20.8 Å². The van der Waals surface area contributed by atoms with Crippen LogP contribution in [0.15, 0.2) is 36.5 Å². The molecular formula is C19H30NO7P. The van der Waals surface area contributed by atoms with E-state index >= 15 is 0 Å². The van der Waals surface area contributed by atoms with E-state index in [-0.39, 0.29) is 35.0 Å². The Labute approximate surface area is 167 Å². The summed E-state index contributed by atoms with van der Waals surface area (Å²) in [6.07, 6.45) is 0.0904. The molecule has 0 aliphatic rings. The standard InChI is InChI=1S/C15H25NO5P.C4H6O2/c1-11(2)14(17)20-8-9-22(19)13(10-16(5,6)7)21-15(18)12(3)4;1-3(2)4(5)6/h1,3,8-10H2,2,4-7H3;1H2,2H3,(H,5,6)/q+1;/p-1. The summed E-state index contributed by atoms with van der Waals surface area (Å²) in [6, 6.07) is 0. The number of hydrogen-bond acceptors (Lipinski definition) is 7. The predicted octanol–water partition coefficient (Wildman–Crippen LogP) is 0.131. The van der Waals surface area contributed by atoms with Gasteiger partial charge in [0.25, 0.3) is 0 Å². The van der Waals surface area contributed by atoms with Crippen LogP contribution in [0.25, 0.3) is 0 Å². The van der Waals surface area contributed by atoms with Crippen molar-refractivity contribution < 1.29 is 38.3 Å². The van der Waals surface area contributed by atoms with Crippen molar-refractivity contribution in [3.63, 3.8) is 0 Å². The second kappa shape index (κ2) is 13.0. The van der Waals surface area contributed by atoms with E-state index in [9.17, 15) is 24.4 Å². The molecule has 0 heterocycles. The summed E-state index contributed by atoms with van der Waals surface area (Å²) in [6.45, 7) is 14.8. The van der Waals surface area contributed by atoms with E-state index in [0.29, 0.717) is 11.0 Å². The van der Waals surface area contributed by atoms with E-state index in [1.54, 1.807) is 0 Å². The van der Waals surface area contributed by atoms with Crippen LogP contribution in [0.2, 0.25) is 0 Å². The number of carboxylic acids is 1. The lowest BCUT2D eigenvalue weighted by Crippen LogP contribution is -2.41. The molecule has 0 amide bonds. The summed E-state index contributed by atoms with van der Waals surface area (Å²) < 4.78 is 10.5. The van der Waals surface area contributed by atoms with Crippen LogP contribution in [0.3, 0.4) is 0 Å². The summed E-state index contributed by atoms with van der Waals surface area (Å²) in [5.74, 6) is -2.32. The van der Waals surface area contributed by atoms with Gasteiger partial charge >= 0.3 is 17.4 Å². The van der Waals surface area contributed by atoms with Gasteiger partial charge in [0, 0.05) is 11.1 Å². The van der Waals surface area contributed by atoms with Gasteiger partial charge in [-0.05, 0) is 26.3 Å². The highest BCUT2D eigenvalue weighted by Gasteiger charge is 2.24. The second-order valence-corrected chi connectivity index (χ2v) is 8.80. The van der Waals surface area contributed by atoms with Crippen LogP contribution in [-0.2, 0) is 23.9 Å². The molecule has 1 unspecified atom stereocenters. The minimum absolute atomic E-state index is 0.0217. The Kier molecular flexibility index (Phi) is 13.0. The van der Waals surface area contributed by atoms with Crippen LogP contribution in [0.1, 0.15) is 20.8 Å². The molecule has 0 rings (SSSR count). The van der Waals surface area contributed by atoms with Crippen molar-refractivity contribution >= 4 is 31.2 Å². The number of carboxylic acid groups (broad SMARTS) is 1. The molecule has 0 radical (unpaired) electrons. The summed E-state index contributed by atoms with van der Waals surface area (Å²) in [4.78, 5) is 44.7. The van der Waals surface area contributed by atoms with Crippen molar-refractivity contribution in [1.82, 2.24) is 0 Å². The van der Waals surface area contributed by atoms with Crippen LogP contribution in [-0.4, -0.2) is 68.3 Å². The van der Waals surface area contributed by atoms with Gasteiger partial charge in [0.2, 0.25) is 0 Å². The molecule has 1 atom stereocenters. The fourth-order valence-corrected chi connectivity index (χ4v) is 2.50. The lowest BCUT2D eigenvalue weighted by atomic mass is 10.4. The number of hydrogen-bond donors (Lipinski definition) is 0. The molecule has 0 aromatic rings. The molecule has 9 heteroatoms. The SMILES string of the molecule is C=C(C)C(=O)OCC[P+]([O-])=C(C[N+](C)(C)C)OC(=O)C(=C)C.C=C(C)C(=O)[O-]. The fourth-order valence-electron chi connectivity index (χ4n) is 1.23. The number of ether oxygens (including phenoxy) is 2. The van der Waals surface area contributed by atoms with Crippen molar-refractivity contribution in [3.05, 3.63) is 36.5 Å². The lowest BCUT2D eigenvalue weighted by molar-refractivity contribution is -0.861. The molecule has 0 aliphatic carbocycles. The molecule has 0 N–H and O–H groups in total. The molecule has 158 valence electrons. The van der Waals surface area contributed by atoms with Gasteiger partial charge in [-0.15, -0.1) is 0 Å². The molecule has 0 spiro atoms. The van der Waals surface area contributed by atoms with Crippen LogP contribution in [0, 0.1) is 0 Å². The molecule has 0 aliphatic heterocycles. The molecule has 0 aromatic heterocycles. The monoisotopic (exact) mass is 415 g/mol. The quantitative estimate of drug-likeness (QED) is 0.227. The normalized spacial score (nSPS) is 11.2. The number of aliphatic carboxylic acids is 1. The third-order valence-electron chi connectivity index (χ3n) is 2.67. The van der Waals surface area contributed by atoms with Crippen LogP contribution >= 0.6 is 7.77 Å². The average molecular weight is 415 g/mol. The van der Waals surface area contributed by atoms with Gasteiger partial charge in [-0.3, -0.25) is 0 Å². The maximum atomic E-state index is 12.3. The molecule has 28 heavy (non-hydrogen) atoms. The number of carbonyl (C=O) groups excluding carboxylic acids is 3. The van der Waals surface area contributed by atoms with Crippen molar-refractivity contribution in [2.24, 2.45) is 0 Å². The van der Waals surface area contributed by atoms with E-state index in [1.807, 2.05) is 21.1 Å². The van der Waals surface area contributed by atoms with Gasteiger partial charge in [0.1, 0.15) is 20.5 Å². The van der Waals surface area contributed by atoms with Gasteiger partial charge < -0.3 is 28.8 Å². The predicted molar refractivity (Wildman–Crippen MR) is 106 cm³/mol. The number of rotatable bonds is 9. The highest BCUT2D eigenvalue weighted by molar-refractivity contribution is 7.51. The molecule has 0 saturated carbocycles. The van der Waals surface area contributed by atoms with Gasteiger partial charge in [-0.25, -0.2) is 9.59 Å². The minimum Gasteiger partial charge on any atom is -0.628 e. The van der Waals surface area contributed by atoms with Crippen molar-refractivity contribution in [3.8, 4) is 0 Å². The van der Waals surface area contributed by atoms with E-state index in [1.165, 1.54) is 20.8 Å². The zero-order valence-corrected chi connectivity index (χ0v) is 18.4. The molecular weight excluding hydrogens is 385 g/mol. The Morgan fingerprint density at radius 2 is 1.36 bits per heavy atom. The zero-order valence-electron chi connectivity index (χ0n) is 17.5. The zero-order chi connectivity index (χ0) is 22.7. The first-order valence-electron chi connectivity index (χ1n) is 8.26. The molecule has 0 bridgehead atoms. The average Bonchev–Trinajstić information content (AvgIpc) is 2.52. The first-order valence-corrected chi connectivity index (χ1v) is 9.71. The molecule has 0 aromatic carbocycles. The van der Waals surface area contributed by atoms with Crippen LogP contribution in [0.5, 0.6) is 0 Å². The molecule has 8 nitrogen and oxygen atoms in total.